The molecule has 0 aliphatic heterocycles. The van der Waals surface area contributed by atoms with Gasteiger partial charge < -0.3 is 10.2 Å². The van der Waals surface area contributed by atoms with Crippen LogP contribution in [0.3, 0.4) is 0 Å². The highest BCUT2D eigenvalue weighted by Crippen LogP contribution is 2.43. The predicted molar refractivity (Wildman–Crippen MR) is 48.5 cm³/mol. The van der Waals surface area contributed by atoms with Gasteiger partial charge in [-0.3, -0.25) is 4.57 Å². The third-order valence-electron chi connectivity index (χ3n) is 2.44. The number of imidazole rings is 1. The number of aromatic nitrogens is 2. The highest BCUT2D eigenvalue weighted by Gasteiger charge is 2.32. The maximum absolute atomic E-state index is 10.8. The van der Waals surface area contributed by atoms with Crippen LogP contribution in [0.15, 0.2) is 0 Å². The second-order valence-corrected chi connectivity index (χ2v) is 3.47. The lowest BCUT2D eigenvalue weighted by Gasteiger charge is -2.01. The summed E-state index contributed by atoms with van der Waals surface area (Å²) in [6.07, 6.45) is 1.99. The summed E-state index contributed by atoms with van der Waals surface area (Å²) in [7, 11) is 0. The summed E-state index contributed by atoms with van der Waals surface area (Å²) in [6.45, 7) is 2.21. The quantitative estimate of drug-likeness (QED) is 0.761. The zero-order valence-corrected chi connectivity index (χ0v) is 7.90. The van der Waals surface area contributed by atoms with Crippen LogP contribution in [0.25, 0.3) is 0 Å². The molecule has 0 saturated heterocycles. The second kappa shape index (κ2) is 3.01. The molecule has 14 heavy (non-hydrogen) atoms. The molecule has 76 valence electrons. The van der Waals surface area contributed by atoms with E-state index >= 15 is 0 Å². The van der Waals surface area contributed by atoms with Crippen molar-refractivity contribution in [2.45, 2.75) is 32.2 Å². The standard InChI is InChI=1S/C9H12N2O3/c1-2-11-7(9(13)14)10-6(8(11)12)5-3-4-5/h5,12H,2-4H2,1H3,(H,13,14). The third kappa shape index (κ3) is 1.25. The van der Waals surface area contributed by atoms with Crippen LogP contribution >= 0.6 is 0 Å². The Morgan fingerprint density at radius 1 is 1.64 bits per heavy atom. The molecule has 0 spiro atoms. The highest BCUT2D eigenvalue weighted by molar-refractivity contribution is 5.84. The molecule has 0 amide bonds. The van der Waals surface area contributed by atoms with E-state index in [0.717, 1.165) is 12.8 Å². The number of aromatic carboxylic acids is 1. The van der Waals surface area contributed by atoms with E-state index in [1.165, 1.54) is 4.57 Å². The monoisotopic (exact) mass is 196 g/mol. The van der Waals surface area contributed by atoms with Gasteiger partial charge in [-0.05, 0) is 19.8 Å². The van der Waals surface area contributed by atoms with Crippen molar-refractivity contribution in [3.63, 3.8) is 0 Å². The zero-order valence-electron chi connectivity index (χ0n) is 7.90. The molecule has 1 fully saturated rings. The zero-order chi connectivity index (χ0) is 10.3. The van der Waals surface area contributed by atoms with Gasteiger partial charge in [0, 0.05) is 12.5 Å². The summed E-state index contributed by atoms with van der Waals surface area (Å²) in [5, 5.41) is 18.5. The van der Waals surface area contributed by atoms with Crippen LogP contribution in [0, 0.1) is 0 Å². The lowest BCUT2D eigenvalue weighted by Crippen LogP contribution is -2.08. The highest BCUT2D eigenvalue weighted by atomic mass is 16.4. The van der Waals surface area contributed by atoms with Crippen LogP contribution < -0.4 is 0 Å². The summed E-state index contributed by atoms with van der Waals surface area (Å²) < 4.78 is 1.33. The molecular weight excluding hydrogens is 184 g/mol. The molecule has 1 saturated carbocycles. The number of hydrogen-bond acceptors (Lipinski definition) is 3. The van der Waals surface area contributed by atoms with E-state index in [4.69, 9.17) is 5.11 Å². The van der Waals surface area contributed by atoms with Crippen molar-refractivity contribution < 1.29 is 15.0 Å². The van der Waals surface area contributed by atoms with Crippen LogP contribution in [-0.4, -0.2) is 25.7 Å². The Labute approximate surface area is 81.0 Å². The van der Waals surface area contributed by atoms with E-state index in [1.54, 1.807) is 6.92 Å². The molecule has 0 atom stereocenters. The van der Waals surface area contributed by atoms with E-state index in [2.05, 4.69) is 4.98 Å². The van der Waals surface area contributed by atoms with Crippen molar-refractivity contribution in [3.05, 3.63) is 11.5 Å². The molecule has 0 radical (unpaired) electrons. The van der Waals surface area contributed by atoms with Crippen LogP contribution in [0.2, 0.25) is 0 Å². The van der Waals surface area contributed by atoms with Crippen molar-refractivity contribution in [1.82, 2.24) is 9.55 Å². The Bertz CT molecular complexity index is 380. The lowest BCUT2D eigenvalue weighted by atomic mass is 10.3. The molecule has 1 aromatic heterocycles. The summed E-state index contributed by atoms with van der Waals surface area (Å²) in [4.78, 5) is 14.8. The van der Waals surface area contributed by atoms with Crippen molar-refractivity contribution in [2.75, 3.05) is 0 Å². The van der Waals surface area contributed by atoms with Gasteiger partial charge in [-0.2, -0.15) is 0 Å². The Kier molecular flexibility index (Phi) is 1.94. The van der Waals surface area contributed by atoms with E-state index < -0.39 is 5.97 Å². The van der Waals surface area contributed by atoms with Gasteiger partial charge >= 0.3 is 5.97 Å². The Morgan fingerprint density at radius 3 is 2.64 bits per heavy atom. The minimum atomic E-state index is -1.09. The average molecular weight is 196 g/mol. The van der Waals surface area contributed by atoms with Crippen molar-refractivity contribution >= 4 is 5.97 Å². The van der Waals surface area contributed by atoms with Gasteiger partial charge in [-0.25, -0.2) is 9.78 Å². The first-order valence-electron chi connectivity index (χ1n) is 4.67. The normalized spacial score (nSPS) is 15.8. The number of carboxylic acid groups (broad SMARTS) is 1. The molecule has 5 heteroatoms. The minimum Gasteiger partial charge on any atom is -0.493 e. The van der Waals surface area contributed by atoms with Crippen molar-refractivity contribution in [2.24, 2.45) is 0 Å². The number of hydrogen-bond donors (Lipinski definition) is 2. The van der Waals surface area contributed by atoms with Gasteiger partial charge in [0.05, 0.1) is 0 Å². The molecule has 5 nitrogen and oxygen atoms in total. The summed E-state index contributed by atoms with van der Waals surface area (Å²) in [5.41, 5.74) is 0.546. The van der Waals surface area contributed by atoms with Gasteiger partial charge in [-0.15, -0.1) is 0 Å². The smallest absolute Gasteiger partial charge is 0.372 e. The van der Waals surface area contributed by atoms with Gasteiger partial charge in [0.15, 0.2) is 0 Å². The van der Waals surface area contributed by atoms with E-state index in [-0.39, 0.29) is 17.6 Å². The molecular formula is C9H12N2O3. The van der Waals surface area contributed by atoms with Crippen LogP contribution in [0.1, 0.15) is 42.0 Å². The first-order valence-corrected chi connectivity index (χ1v) is 4.67. The molecule has 0 bridgehead atoms. The molecule has 2 N–H and O–H groups in total. The molecule has 0 unspecified atom stereocenters. The largest absolute Gasteiger partial charge is 0.493 e. The third-order valence-corrected chi connectivity index (χ3v) is 2.44. The van der Waals surface area contributed by atoms with Crippen LogP contribution in [0.4, 0.5) is 0 Å². The SMILES string of the molecule is CCn1c(C(=O)O)nc(C2CC2)c1O. The summed E-state index contributed by atoms with van der Waals surface area (Å²) >= 11 is 0. The number of carboxylic acids is 1. The van der Waals surface area contributed by atoms with Crippen LogP contribution in [-0.2, 0) is 6.54 Å². The number of carbonyl (C=O) groups is 1. The maximum atomic E-state index is 10.8. The van der Waals surface area contributed by atoms with E-state index in [0.29, 0.717) is 12.2 Å². The van der Waals surface area contributed by atoms with E-state index in [9.17, 15) is 9.90 Å². The number of rotatable bonds is 3. The van der Waals surface area contributed by atoms with Gasteiger partial charge in [0.2, 0.25) is 11.7 Å². The van der Waals surface area contributed by atoms with Crippen LogP contribution in [0.5, 0.6) is 5.88 Å². The Hall–Kier alpha value is -1.52. The first kappa shape index (κ1) is 9.05. The van der Waals surface area contributed by atoms with Gasteiger partial charge in [0.25, 0.3) is 0 Å². The molecule has 1 aliphatic rings. The molecule has 0 aromatic carbocycles. The molecule has 2 rings (SSSR count). The fourth-order valence-corrected chi connectivity index (χ4v) is 1.56. The van der Waals surface area contributed by atoms with E-state index in [1.807, 2.05) is 0 Å². The Morgan fingerprint density at radius 2 is 2.29 bits per heavy atom. The molecule has 1 aromatic rings. The minimum absolute atomic E-state index is 0.0207. The van der Waals surface area contributed by atoms with Gasteiger partial charge in [-0.1, -0.05) is 0 Å². The first-order chi connectivity index (χ1) is 6.65. The predicted octanol–water partition coefficient (Wildman–Crippen LogP) is 1.18. The topological polar surface area (TPSA) is 75.4 Å². The Balaban J connectivity index is 2.49. The fraction of sp³-hybridized carbons (Fsp3) is 0.556. The lowest BCUT2D eigenvalue weighted by molar-refractivity contribution is 0.0677. The number of aromatic hydroxyl groups is 1. The van der Waals surface area contributed by atoms with Crippen molar-refractivity contribution in [3.8, 4) is 5.88 Å². The molecule has 1 aliphatic carbocycles. The second-order valence-electron chi connectivity index (χ2n) is 3.47. The number of nitrogens with zero attached hydrogens (tertiary/aromatic N) is 2. The fourth-order valence-electron chi connectivity index (χ4n) is 1.56. The summed E-state index contributed by atoms with van der Waals surface area (Å²) in [6, 6.07) is 0. The summed E-state index contributed by atoms with van der Waals surface area (Å²) in [5.74, 6) is -0.866. The molecule has 1 heterocycles. The average Bonchev–Trinajstić information content (AvgIpc) is 2.90. The van der Waals surface area contributed by atoms with Crippen molar-refractivity contribution in [1.29, 1.82) is 0 Å². The maximum Gasteiger partial charge on any atom is 0.372 e. The van der Waals surface area contributed by atoms with Gasteiger partial charge in [0.1, 0.15) is 5.69 Å².